The zero-order chi connectivity index (χ0) is 22.1. The number of Topliss-reactive ketones (excluding diaryl/α,β-unsaturated/α-hetero) is 1. The van der Waals surface area contributed by atoms with Gasteiger partial charge in [-0.15, -0.1) is 0 Å². The van der Waals surface area contributed by atoms with Crippen molar-refractivity contribution in [1.29, 1.82) is 0 Å². The number of nitrogens with zero attached hydrogens (tertiary/aromatic N) is 1. The van der Waals surface area contributed by atoms with E-state index in [1.54, 1.807) is 4.90 Å². The molecule has 1 N–H and O–H groups in total. The molecule has 2 aliphatic rings. The maximum Gasteiger partial charge on any atom is 0.295 e. The summed E-state index contributed by atoms with van der Waals surface area (Å²) in [6.45, 7) is 5.97. The number of carbonyl (C=O) groups excluding carboxylic acids is 2. The van der Waals surface area contributed by atoms with E-state index in [-0.39, 0.29) is 17.4 Å². The van der Waals surface area contributed by atoms with Crippen LogP contribution in [0, 0.1) is 13.8 Å². The first kappa shape index (κ1) is 21.4. The van der Waals surface area contributed by atoms with Crippen molar-refractivity contribution in [3.05, 3.63) is 75.9 Å². The molecule has 4 nitrogen and oxygen atoms in total. The van der Waals surface area contributed by atoms with Gasteiger partial charge in [0.25, 0.3) is 11.7 Å². The molecule has 1 atom stereocenters. The maximum atomic E-state index is 13.3. The summed E-state index contributed by atoms with van der Waals surface area (Å²) in [6.07, 6.45) is 6.02. The van der Waals surface area contributed by atoms with E-state index in [1.165, 1.54) is 12.0 Å². The van der Waals surface area contributed by atoms with Crippen molar-refractivity contribution in [2.45, 2.75) is 71.4 Å². The van der Waals surface area contributed by atoms with E-state index in [9.17, 15) is 14.7 Å². The minimum atomic E-state index is -0.575. The first-order chi connectivity index (χ1) is 14.9. The van der Waals surface area contributed by atoms with Crippen LogP contribution in [0.4, 0.5) is 0 Å². The smallest absolute Gasteiger partial charge is 0.295 e. The van der Waals surface area contributed by atoms with Crippen molar-refractivity contribution in [3.63, 3.8) is 0 Å². The molecule has 0 spiro atoms. The van der Waals surface area contributed by atoms with Gasteiger partial charge < -0.3 is 10.0 Å². The molecule has 2 fully saturated rings. The molecule has 1 heterocycles. The summed E-state index contributed by atoms with van der Waals surface area (Å²) in [5.74, 6) is -1.13. The lowest BCUT2D eigenvalue weighted by atomic mass is 9.90. The lowest BCUT2D eigenvalue weighted by Crippen LogP contribution is -2.40. The minimum absolute atomic E-state index is 0.0324. The number of hydrogen-bond acceptors (Lipinski definition) is 3. The predicted octanol–water partition coefficient (Wildman–Crippen LogP) is 5.62. The highest BCUT2D eigenvalue weighted by Gasteiger charge is 2.48. The fraction of sp³-hybridized carbons (Fsp3) is 0.407. The Labute approximate surface area is 184 Å². The number of benzene rings is 2. The van der Waals surface area contributed by atoms with Crippen LogP contribution in [0.1, 0.15) is 72.9 Å². The van der Waals surface area contributed by atoms with Gasteiger partial charge in [-0.05, 0) is 55.9 Å². The van der Waals surface area contributed by atoms with Crippen molar-refractivity contribution >= 4 is 17.4 Å². The minimum Gasteiger partial charge on any atom is -0.507 e. The first-order valence-electron chi connectivity index (χ1n) is 11.4. The van der Waals surface area contributed by atoms with Crippen LogP contribution < -0.4 is 0 Å². The summed E-state index contributed by atoms with van der Waals surface area (Å²) in [6, 6.07) is 13.4. The molecule has 1 saturated heterocycles. The van der Waals surface area contributed by atoms with Crippen LogP contribution in [0.5, 0.6) is 0 Å². The van der Waals surface area contributed by atoms with Crippen LogP contribution in [-0.4, -0.2) is 27.7 Å². The Hall–Kier alpha value is -2.88. The average Bonchev–Trinajstić information content (AvgIpc) is 3.06. The van der Waals surface area contributed by atoms with E-state index in [0.29, 0.717) is 5.56 Å². The van der Waals surface area contributed by atoms with E-state index in [0.717, 1.165) is 48.8 Å². The molecule has 1 aliphatic heterocycles. The number of rotatable bonds is 4. The summed E-state index contributed by atoms with van der Waals surface area (Å²) in [4.78, 5) is 28.3. The third-order valence-electron chi connectivity index (χ3n) is 6.80. The maximum absolute atomic E-state index is 13.3. The topological polar surface area (TPSA) is 57.6 Å². The molecule has 4 rings (SSSR count). The molecule has 162 valence electrons. The SMILES string of the molecule is CCc1ccc(C2/C(=C(\O)c3cc(C)ccc3C)C(=O)C(=O)N2C2CCCCC2)cc1. The Morgan fingerprint density at radius 2 is 1.68 bits per heavy atom. The standard InChI is InChI=1S/C27H31NO3/c1-4-19-12-14-20(15-13-19)24-23(25(29)22-16-17(2)10-11-18(22)3)26(30)27(31)28(24)21-8-6-5-7-9-21/h10-16,21,24,29H,4-9H2,1-3H3/b25-23+. The van der Waals surface area contributed by atoms with E-state index in [2.05, 4.69) is 6.92 Å². The van der Waals surface area contributed by atoms with E-state index < -0.39 is 17.7 Å². The zero-order valence-corrected chi connectivity index (χ0v) is 18.6. The van der Waals surface area contributed by atoms with Crippen LogP contribution in [0.3, 0.4) is 0 Å². The van der Waals surface area contributed by atoms with Gasteiger partial charge in [0.05, 0.1) is 11.6 Å². The van der Waals surface area contributed by atoms with Gasteiger partial charge in [0.15, 0.2) is 0 Å². The molecule has 1 aliphatic carbocycles. The molecule has 0 radical (unpaired) electrons. The summed E-state index contributed by atoms with van der Waals surface area (Å²) in [7, 11) is 0. The number of amides is 1. The van der Waals surface area contributed by atoms with Crippen LogP contribution in [0.15, 0.2) is 48.0 Å². The summed E-state index contributed by atoms with van der Waals surface area (Å²) < 4.78 is 0. The van der Waals surface area contributed by atoms with E-state index in [4.69, 9.17) is 0 Å². The van der Waals surface area contributed by atoms with Gasteiger partial charge in [0.1, 0.15) is 5.76 Å². The summed E-state index contributed by atoms with van der Waals surface area (Å²) in [5, 5.41) is 11.3. The fourth-order valence-electron chi connectivity index (χ4n) is 4.98. The molecule has 2 aromatic rings. The number of aliphatic hydroxyl groups excluding tert-OH is 1. The second kappa shape index (κ2) is 8.70. The predicted molar refractivity (Wildman–Crippen MR) is 123 cm³/mol. The molecule has 1 saturated carbocycles. The summed E-state index contributed by atoms with van der Waals surface area (Å²) in [5.41, 5.74) is 4.80. The highest BCUT2D eigenvalue weighted by atomic mass is 16.3. The summed E-state index contributed by atoms with van der Waals surface area (Å²) >= 11 is 0. The lowest BCUT2D eigenvalue weighted by molar-refractivity contribution is -0.141. The fourth-order valence-corrected chi connectivity index (χ4v) is 4.98. The molecule has 0 aromatic heterocycles. The Balaban J connectivity index is 1.89. The molecule has 0 bridgehead atoms. The highest BCUT2D eigenvalue weighted by molar-refractivity contribution is 6.46. The number of hydrogen-bond donors (Lipinski definition) is 1. The number of aryl methyl sites for hydroxylation is 3. The van der Waals surface area contributed by atoms with Crippen molar-refractivity contribution < 1.29 is 14.7 Å². The van der Waals surface area contributed by atoms with E-state index in [1.807, 2.05) is 56.3 Å². The molecule has 31 heavy (non-hydrogen) atoms. The number of likely N-dealkylation sites (tertiary alicyclic amines) is 1. The van der Waals surface area contributed by atoms with E-state index >= 15 is 0 Å². The Bertz CT molecular complexity index is 1030. The van der Waals surface area contributed by atoms with Crippen LogP contribution in [-0.2, 0) is 16.0 Å². The number of carbonyl (C=O) groups is 2. The van der Waals surface area contributed by atoms with Gasteiger partial charge >= 0.3 is 0 Å². The van der Waals surface area contributed by atoms with Gasteiger partial charge in [-0.3, -0.25) is 9.59 Å². The Kier molecular flexibility index (Phi) is 5.99. The molecule has 2 aromatic carbocycles. The zero-order valence-electron chi connectivity index (χ0n) is 18.6. The largest absolute Gasteiger partial charge is 0.507 e. The van der Waals surface area contributed by atoms with Crippen LogP contribution in [0.25, 0.3) is 5.76 Å². The molecule has 1 amide bonds. The molecule has 1 unspecified atom stereocenters. The lowest BCUT2D eigenvalue weighted by Gasteiger charge is -2.35. The average molecular weight is 418 g/mol. The van der Waals surface area contributed by atoms with Crippen LogP contribution >= 0.6 is 0 Å². The van der Waals surface area contributed by atoms with Crippen LogP contribution in [0.2, 0.25) is 0 Å². The van der Waals surface area contributed by atoms with Crippen molar-refractivity contribution in [1.82, 2.24) is 4.90 Å². The normalized spacial score (nSPS) is 21.6. The second-order valence-electron chi connectivity index (χ2n) is 8.91. The van der Waals surface area contributed by atoms with Crippen molar-refractivity contribution in [3.8, 4) is 0 Å². The molecular weight excluding hydrogens is 386 g/mol. The third-order valence-corrected chi connectivity index (χ3v) is 6.80. The number of ketones is 1. The van der Waals surface area contributed by atoms with Gasteiger partial charge in [-0.1, -0.05) is 68.1 Å². The van der Waals surface area contributed by atoms with Gasteiger partial charge in [-0.25, -0.2) is 0 Å². The second-order valence-corrected chi connectivity index (χ2v) is 8.91. The molecular formula is C27H31NO3. The monoisotopic (exact) mass is 417 g/mol. The van der Waals surface area contributed by atoms with Crippen molar-refractivity contribution in [2.24, 2.45) is 0 Å². The van der Waals surface area contributed by atoms with Crippen molar-refractivity contribution in [2.75, 3.05) is 0 Å². The quantitative estimate of drug-likeness (QED) is 0.399. The Morgan fingerprint density at radius 1 is 1.00 bits per heavy atom. The van der Waals surface area contributed by atoms with Gasteiger partial charge in [0, 0.05) is 11.6 Å². The molecule has 4 heteroatoms. The first-order valence-corrected chi connectivity index (χ1v) is 11.4. The highest BCUT2D eigenvalue weighted by Crippen LogP contribution is 2.43. The number of aliphatic hydroxyl groups is 1. The third kappa shape index (κ3) is 3.91. The Morgan fingerprint density at radius 3 is 2.32 bits per heavy atom. The van der Waals surface area contributed by atoms with Gasteiger partial charge in [0.2, 0.25) is 0 Å². The van der Waals surface area contributed by atoms with Gasteiger partial charge in [-0.2, -0.15) is 0 Å².